The first-order chi connectivity index (χ1) is 13.7. The van der Waals surface area contributed by atoms with Crippen molar-refractivity contribution in [2.45, 2.75) is 5.16 Å². The van der Waals surface area contributed by atoms with Crippen LogP contribution in [0.5, 0.6) is 0 Å². The zero-order valence-electron chi connectivity index (χ0n) is 14.7. The molecule has 4 aromatic rings. The Balaban J connectivity index is 1.55. The highest BCUT2D eigenvalue weighted by Crippen LogP contribution is 2.24. The minimum atomic E-state index is -0.143. The van der Waals surface area contributed by atoms with E-state index >= 15 is 0 Å². The Kier molecular flexibility index (Phi) is 5.45. The Morgan fingerprint density at radius 3 is 2.54 bits per heavy atom. The number of hydrogen-bond donors (Lipinski definition) is 1. The summed E-state index contributed by atoms with van der Waals surface area (Å²) in [7, 11) is 0. The summed E-state index contributed by atoms with van der Waals surface area (Å²) < 4.78 is 3.77. The van der Waals surface area contributed by atoms with E-state index in [0.717, 1.165) is 5.56 Å². The maximum Gasteiger partial charge on any atom is 0.234 e. The largest absolute Gasteiger partial charge is 0.325 e. The Morgan fingerprint density at radius 2 is 1.79 bits per heavy atom. The topological polar surface area (TPSA) is 64.7 Å². The number of halogens is 1. The van der Waals surface area contributed by atoms with Crippen LogP contribution < -0.4 is 5.32 Å². The molecule has 0 saturated heterocycles. The van der Waals surface area contributed by atoms with Crippen molar-refractivity contribution in [2.24, 2.45) is 0 Å². The van der Waals surface area contributed by atoms with Gasteiger partial charge in [0, 0.05) is 28.7 Å². The van der Waals surface area contributed by atoms with E-state index in [2.05, 4.69) is 15.5 Å². The molecule has 140 valence electrons. The molecule has 0 atom stereocenters. The van der Waals surface area contributed by atoms with Crippen LogP contribution in [0.2, 0.25) is 5.02 Å². The summed E-state index contributed by atoms with van der Waals surface area (Å²) in [5, 5.41) is 12.7. The molecule has 0 spiro atoms. The van der Waals surface area contributed by atoms with Crippen LogP contribution in [-0.4, -0.2) is 31.2 Å². The highest BCUT2D eigenvalue weighted by Gasteiger charge is 2.17. The molecule has 2 aromatic heterocycles. The number of hydrogen-bond acceptors (Lipinski definition) is 4. The van der Waals surface area contributed by atoms with E-state index in [1.165, 1.54) is 11.8 Å². The van der Waals surface area contributed by atoms with Crippen molar-refractivity contribution in [3.8, 4) is 11.4 Å². The molecule has 0 saturated carbocycles. The zero-order valence-corrected chi connectivity index (χ0v) is 16.3. The molecular weight excluding hydrogens is 394 g/mol. The number of rotatable bonds is 6. The average Bonchev–Trinajstić information content (AvgIpc) is 3.36. The quantitative estimate of drug-likeness (QED) is 0.478. The molecule has 4 rings (SSSR count). The molecule has 0 bridgehead atoms. The van der Waals surface area contributed by atoms with Gasteiger partial charge in [0.15, 0.2) is 5.82 Å². The molecule has 8 heteroatoms. The lowest BCUT2D eigenvalue weighted by molar-refractivity contribution is -0.113. The molecule has 0 unspecified atom stereocenters. The van der Waals surface area contributed by atoms with Crippen molar-refractivity contribution in [2.75, 3.05) is 11.1 Å². The highest BCUT2D eigenvalue weighted by molar-refractivity contribution is 7.99. The van der Waals surface area contributed by atoms with Gasteiger partial charge in [-0.15, -0.1) is 10.2 Å². The fraction of sp³-hybridized carbons (Fsp3) is 0.0500. The zero-order chi connectivity index (χ0) is 19.3. The van der Waals surface area contributed by atoms with E-state index in [1.807, 2.05) is 64.2 Å². The first-order valence-corrected chi connectivity index (χ1v) is 9.90. The molecule has 6 nitrogen and oxygen atoms in total. The van der Waals surface area contributed by atoms with Crippen LogP contribution in [0.3, 0.4) is 0 Å². The molecule has 28 heavy (non-hydrogen) atoms. The van der Waals surface area contributed by atoms with E-state index < -0.39 is 0 Å². The lowest BCUT2D eigenvalue weighted by atomic mass is 10.2. The second-order valence-electron chi connectivity index (χ2n) is 5.89. The number of benzene rings is 2. The summed E-state index contributed by atoms with van der Waals surface area (Å²) in [6.45, 7) is 0. The van der Waals surface area contributed by atoms with Crippen LogP contribution in [0.15, 0.2) is 84.3 Å². The van der Waals surface area contributed by atoms with Crippen molar-refractivity contribution in [3.63, 3.8) is 0 Å². The minimum absolute atomic E-state index is 0.143. The maximum atomic E-state index is 12.3. The van der Waals surface area contributed by atoms with Crippen LogP contribution in [0.4, 0.5) is 5.69 Å². The monoisotopic (exact) mass is 409 g/mol. The van der Waals surface area contributed by atoms with Gasteiger partial charge in [0.1, 0.15) is 0 Å². The van der Waals surface area contributed by atoms with Crippen molar-refractivity contribution in [3.05, 3.63) is 84.1 Å². The van der Waals surface area contributed by atoms with Crippen LogP contribution in [0, 0.1) is 0 Å². The number of anilines is 1. The summed E-state index contributed by atoms with van der Waals surface area (Å²) in [5.41, 5.74) is 1.61. The van der Waals surface area contributed by atoms with Gasteiger partial charge in [0.2, 0.25) is 11.1 Å². The number of carbonyl (C=O) groups is 1. The molecule has 1 amide bonds. The van der Waals surface area contributed by atoms with E-state index in [9.17, 15) is 4.79 Å². The smallest absolute Gasteiger partial charge is 0.234 e. The van der Waals surface area contributed by atoms with Gasteiger partial charge in [-0.3, -0.25) is 9.47 Å². The van der Waals surface area contributed by atoms with Gasteiger partial charge < -0.3 is 5.32 Å². The molecule has 1 N–H and O–H groups in total. The minimum Gasteiger partial charge on any atom is -0.325 e. The van der Waals surface area contributed by atoms with Crippen molar-refractivity contribution < 1.29 is 4.79 Å². The fourth-order valence-corrected chi connectivity index (χ4v) is 3.61. The van der Waals surface area contributed by atoms with Gasteiger partial charge in [0.05, 0.1) is 5.75 Å². The van der Waals surface area contributed by atoms with Crippen LogP contribution in [0.1, 0.15) is 0 Å². The van der Waals surface area contributed by atoms with Gasteiger partial charge in [-0.1, -0.05) is 59.8 Å². The molecule has 2 aromatic carbocycles. The first-order valence-electron chi connectivity index (χ1n) is 8.53. The van der Waals surface area contributed by atoms with Crippen molar-refractivity contribution >= 4 is 35.0 Å². The molecule has 0 radical (unpaired) electrons. The van der Waals surface area contributed by atoms with Gasteiger partial charge >= 0.3 is 0 Å². The number of carbonyl (C=O) groups excluding carboxylic acids is 1. The lowest BCUT2D eigenvalue weighted by Gasteiger charge is -2.11. The Morgan fingerprint density at radius 1 is 1.00 bits per heavy atom. The normalized spacial score (nSPS) is 10.8. The van der Waals surface area contributed by atoms with Crippen LogP contribution in [0.25, 0.3) is 11.4 Å². The van der Waals surface area contributed by atoms with Crippen LogP contribution >= 0.6 is 23.4 Å². The number of nitrogens with one attached hydrogen (secondary N) is 1. The predicted molar refractivity (Wildman–Crippen MR) is 111 cm³/mol. The first kappa shape index (κ1) is 18.3. The Bertz CT molecular complexity index is 1080. The summed E-state index contributed by atoms with van der Waals surface area (Å²) in [5.74, 6) is 0.755. The summed E-state index contributed by atoms with van der Waals surface area (Å²) in [6.07, 6.45) is 3.82. The van der Waals surface area contributed by atoms with E-state index in [-0.39, 0.29) is 11.7 Å². The average molecular weight is 410 g/mol. The van der Waals surface area contributed by atoms with Gasteiger partial charge in [-0.25, -0.2) is 4.68 Å². The SMILES string of the molecule is O=C(CSc1nnc(-c2ccccc2)n1-n1cccc1)Nc1cccc(Cl)c1. The van der Waals surface area contributed by atoms with Gasteiger partial charge in [0.25, 0.3) is 0 Å². The second-order valence-corrected chi connectivity index (χ2v) is 7.27. The fourth-order valence-electron chi connectivity index (χ4n) is 2.68. The van der Waals surface area contributed by atoms with Gasteiger partial charge in [-0.05, 0) is 30.3 Å². The molecule has 2 heterocycles. The third-order valence-corrected chi connectivity index (χ3v) is 5.06. The third-order valence-electron chi connectivity index (χ3n) is 3.90. The predicted octanol–water partition coefficient (Wildman–Crippen LogP) is 4.44. The molecule has 0 fully saturated rings. The number of nitrogens with zero attached hydrogens (tertiary/aromatic N) is 4. The van der Waals surface area contributed by atoms with E-state index in [4.69, 9.17) is 11.6 Å². The maximum absolute atomic E-state index is 12.3. The molecule has 0 aliphatic heterocycles. The number of thioether (sulfide) groups is 1. The molecular formula is C20H16ClN5OS. The van der Waals surface area contributed by atoms with Crippen LogP contribution in [-0.2, 0) is 4.79 Å². The lowest BCUT2D eigenvalue weighted by Crippen LogP contribution is -2.15. The Labute approximate surface area is 171 Å². The van der Waals surface area contributed by atoms with Gasteiger partial charge in [-0.2, -0.15) is 0 Å². The van der Waals surface area contributed by atoms with Crippen molar-refractivity contribution in [1.82, 2.24) is 19.5 Å². The summed E-state index contributed by atoms with van der Waals surface area (Å²) in [4.78, 5) is 12.3. The Hall–Kier alpha value is -3.03. The van der Waals surface area contributed by atoms with E-state index in [1.54, 1.807) is 24.3 Å². The number of aromatic nitrogens is 4. The molecule has 0 aliphatic carbocycles. The summed E-state index contributed by atoms with van der Waals surface area (Å²) in [6, 6.07) is 20.7. The highest BCUT2D eigenvalue weighted by atomic mass is 35.5. The summed E-state index contributed by atoms with van der Waals surface area (Å²) >= 11 is 7.28. The van der Waals surface area contributed by atoms with Crippen molar-refractivity contribution in [1.29, 1.82) is 0 Å². The third kappa shape index (κ3) is 4.11. The number of amides is 1. The van der Waals surface area contributed by atoms with E-state index in [0.29, 0.717) is 21.7 Å². The standard InChI is InChI=1S/C20H16ClN5OS/c21-16-9-6-10-17(13-16)22-18(27)14-28-20-24-23-19(15-7-2-1-3-8-15)26(20)25-11-4-5-12-25/h1-13H,14H2,(H,22,27). The second kappa shape index (κ2) is 8.33. The molecule has 0 aliphatic rings.